The first-order chi connectivity index (χ1) is 14.8. The highest BCUT2D eigenvalue weighted by atomic mass is 79.9. The summed E-state index contributed by atoms with van der Waals surface area (Å²) in [5.74, 6) is -0.882. The van der Waals surface area contributed by atoms with Crippen LogP contribution < -0.4 is 10.2 Å². The van der Waals surface area contributed by atoms with Gasteiger partial charge in [-0.25, -0.2) is 0 Å². The highest BCUT2D eigenvalue weighted by Crippen LogP contribution is 2.37. The zero-order valence-electron chi connectivity index (χ0n) is 15.4. The van der Waals surface area contributed by atoms with E-state index in [4.69, 9.17) is 39.8 Å². The fourth-order valence-electron chi connectivity index (χ4n) is 2.77. The van der Waals surface area contributed by atoms with Gasteiger partial charge in [0.1, 0.15) is 11.3 Å². The highest BCUT2D eigenvalue weighted by Gasteiger charge is 2.35. The Morgan fingerprint density at radius 2 is 1.81 bits per heavy atom. The first-order valence-corrected chi connectivity index (χ1v) is 11.5. The van der Waals surface area contributed by atoms with Gasteiger partial charge in [-0.1, -0.05) is 47.1 Å². The van der Waals surface area contributed by atoms with Crippen molar-refractivity contribution in [2.45, 2.75) is 9.99 Å². The van der Waals surface area contributed by atoms with E-state index in [0.29, 0.717) is 31.1 Å². The first kappa shape index (κ1) is 22.1. The van der Waals surface area contributed by atoms with Crippen LogP contribution in [0, 0.1) is 0 Å². The minimum absolute atomic E-state index is 0.0418. The second-order valence-electron chi connectivity index (χ2n) is 6.25. The smallest absolute Gasteiger partial charge is 0.270 e. The Balaban J connectivity index is 1.65. The predicted octanol–water partition coefficient (Wildman–Crippen LogP) is 6.33. The molecule has 2 aromatic carbocycles. The number of hydrogen-bond donors (Lipinski definition) is 1. The zero-order valence-corrected chi connectivity index (χ0v) is 20.1. The molecule has 1 aliphatic rings. The predicted molar refractivity (Wildman–Crippen MR) is 130 cm³/mol. The molecule has 1 saturated heterocycles. The lowest BCUT2D eigenvalue weighted by Crippen LogP contribution is -2.54. The Morgan fingerprint density at radius 3 is 2.52 bits per heavy atom. The van der Waals surface area contributed by atoms with Crippen LogP contribution in [0.3, 0.4) is 0 Å². The molecule has 1 fully saturated rings. The van der Waals surface area contributed by atoms with Gasteiger partial charge in [-0.05, 0) is 76.7 Å². The molecule has 1 aromatic heterocycles. The zero-order chi connectivity index (χ0) is 22.1. The fraction of sp³-hybridized carbons (Fsp3) is 0. The lowest BCUT2D eigenvalue weighted by molar-refractivity contribution is -0.122. The van der Waals surface area contributed by atoms with Crippen molar-refractivity contribution in [3.8, 4) is 0 Å². The van der Waals surface area contributed by atoms with Crippen molar-refractivity contribution in [2.24, 2.45) is 0 Å². The number of rotatable bonds is 4. The monoisotopic (exact) mass is 552 g/mol. The van der Waals surface area contributed by atoms with Gasteiger partial charge < -0.3 is 4.42 Å². The molecule has 1 N–H and O–H groups in total. The molecule has 0 bridgehead atoms. The molecular weight excluding hydrogens is 543 g/mol. The van der Waals surface area contributed by atoms with Crippen molar-refractivity contribution in [1.82, 2.24) is 5.32 Å². The van der Waals surface area contributed by atoms with Gasteiger partial charge in [-0.15, -0.1) is 0 Å². The Bertz CT molecular complexity index is 1240. The van der Waals surface area contributed by atoms with Crippen LogP contribution in [-0.4, -0.2) is 16.9 Å². The Hall–Kier alpha value is -2.10. The average Bonchev–Trinajstić information content (AvgIpc) is 3.07. The highest BCUT2D eigenvalue weighted by molar-refractivity contribution is 9.10. The number of halogens is 3. The molecule has 0 saturated carbocycles. The summed E-state index contributed by atoms with van der Waals surface area (Å²) in [5.41, 5.74) is 0.252. The van der Waals surface area contributed by atoms with Crippen LogP contribution >= 0.6 is 63.1 Å². The molecule has 2 amide bonds. The summed E-state index contributed by atoms with van der Waals surface area (Å²) in [6, 6.07) is 15.7. The van der Waals surface area contributed by atoms with Gasteiger partial charge in [0.25, 0.3) is 11.8 Å². The fourth-order valence-corrected chi connectivity index (χ4v) is 4.72. The number of amides is 2. The van der Waals surface area contributed by atoms with E-state index in [1.54, 1.807) is 42.5 Å². The summed E-state index contributed by atoms with van der Waals surface area (Å²) < 4.78 is 6.52. The number of nitrogens with zero attached hydrogens (tertiary/aromatic N) is 1. The van der Waals surface area contributed by atoms with Crippen LogP contribution in [0.4, 0.5) is 5.69 Å². The topological polar surface area (TPSA) is 62.6 Å². The maximum Gasteiger partial charge on any atom is 0.270 e. The number of benzene rings is 2. The van der Waals surface area contributed by atoms with Crippen molar-refractivity contribution < 1.29 is 14.0 Å². The van der Waals surface area contributed by atoms with Crippen molar-refractivity contribution in [1.29, 1.82) is 0 Å². The van der Waals surface area contributed by atoms with Crippen molar-refractivity contribution in [3.05, 3.63) is 80.4 Å². The van der Waals surface area contributed by atoms with Crippen molar-refractivity contribution in [2.75, 3.05) is 4.90 Å². The number of para-hydroxylation sites is 1. The molecule has 3 aromatic rings. The molecule has 0 atom stereocenters. The van der Waals surface area contributed by atoms with E-state index in [1.165, 1.54) is 22.7 Å². The molecule has 0 spiro atoms. The summed E-state index contributed by atoms with van der Waals surface area (Å²) in [7, 11) is 0. The van der Waals surface area contributed by atoms with Crippen LogP contribution in [0.2, 0.25) is 10.0 Å². The number of furan rings is 1. The summed E-state index contributed by atoms with van der Waals surface area (Å²) >= 11 is 22.2. The molecule has 5 nitrogen and oxygen atoms in total. The van der Waals surface area contributed by atoms with Gasteiger partial charge in [-0.2, -0.15) is 0 Å². The molecule has 0 unspecified atom stereocenters. The lowest BCUT2D eigenvalue weighted by atomic mass is 10.1. The summed E-state index contributed by atoms with van der Waals surface area (Å²) in [6.07, 6.45) is 1.37. The average molecular weight is 554 g/mol. The third kappa shape index (κ3) is 4.73. The number of thiocarbonyl (C=S) groups is 1. The molecule has 10 heteroatoms. The molecule has 1 aliphatic heterocycles. The molecule has 0 radical (unpaired) electrons. The Kier molecular flexibility index (Phi) is 6.55. The van der Waals surface area contributed by atoms with Gasteiger partial charge in [-0.3, -0.25) is 19.8 Å². The SMILES string of the molecule is O=C1NC(=S)N(c2ccccc2Cl)C(=O)/C1=C/c1cc(Br)c(Sc2ccc(Cl)cc2)o1. The maximum atomic E-state index is 13.1. The third-order valence-corrected chi connectivity index (χ3v) is 6.88. The number of anilines is 1. The van der Waals surface area contributed by atoms with E-state index in [1.807, 2.05) is 12.1 Å². The van der Waals surface area contributed by atoms with E-state index >= 15 is 0 Å². The Labute approximate surface area is 205 Å². The largest absolute Gasteiger partial charge is 0.449 e. The number of nitrogens with one attached hydrogen (secondary N) is 1. The normalized spacial score (nSPS) is 15.5. The molecule has 4 rings (SSSR count). The minimum atomic E-state index is -0.613. The van der Waals surface area contributed by atoms with Crippen LogP contribution in [0.1, 0.15) is 5.76 Å². The minimum Gasteiger partial charge on any atom is -0.449 e. The van der Waals surface area contributed by atoms with Gasteiger partial charge in [0.15, 0.2) is 10.2 Å². The number of carbonyl (C=O) groups excluding carboxylic acids is 2. The molecule has 156 valence electrons. The molecule has 2 heterocycles. The quantitative estimate of drug-likeness (QED) is 0.232. The van der Waals surface area contributed by atoms with Crippen LogP contribution in [0.25, 0.3) is 6.08 Å². The second-order valence-corrected chi connectivity index (χ2v) is 9.38. The van der Waals surface area contributed by atoms with E-state index < -0.39 is 11.8 Å². The van der Waals surface area contributed by atoms with Crippen LogP contribution in [0.15, 0.2) is 79.0 Å². The van der Waals surface area contributed by atoms with E-state index in [2.05, 4.69) is 21.2 Å². The standard InChI is InChI=1S/C21H11BrCl2N2O3S2/c22-15-10-12(29-20(15)31-13-7-5-11(23)6-8-13)9-14-18(27)25-21(30)26(19(14)28)17-4-2-1-3-16(17)24/h1-10H,(H,25,27,30)/b14-9+. The van der Waals surface area contributed by atoms with E-state index in [9.17, 15) is 9.59 Å². The molecular formula is C21H11BrCl2N2O3S2. The van der Waals surface area contributed by atoms with Gasteiger partial charge >= 0.3 is 0 Å². The third-order valence-electron chi connectivity index (χ3n) is 4.18. The summed E-state index contributed by atoms with van der Waals surface area (Å²) in [5, 5.41) is 4.01. The first-order valence-electron chi connectivity index (χ1n) is 8.72. The molecule has 0 aliphatic carbocycles. The van der Waals surface area contributed by atoms with Gasteiger partial charge in [0.2, 0.25) is 0 Å². The van der Waals surface area contributed by atoms with Gasteiger partial charge in [0.05, 0.1) is 15.2 Å². The van der Waals surface area contributed by atoms with E-state index in [-0.39, 0.29) is 10.7 Å². The van der Waals surface area contributed by atoms with Crippen molar-refractivity contribution in [3.63, 3.8) is 0 Å². The van der Waals surface area contributed by atoms with Crippen LogP contribution in [-0.2, 0) is 9.59 Å². The maximum absolute atomic E-state index is 13.1. The van der Waals surface area contributed by atoms with Crippen LogP contribution in [0.5, 0.6) is 0 Å². The van der Waals surface area contributed by atoms with Gasteiger partial charge in [0, 0.05) is 9.92 Å². The molecule has 31 heavy (non-hydrogen) atoms. The summed E-state index contributed by atoms with van der Waals surface area (Å²) in [6.45, 7) is 0. The number of hydrogen-bond acceptors (Lipinski definition) is 5. The lowest BCUT2D eigenvalue weighted by Gasteiger charge is -2.29. The van der Waals surface area contributed by atoms with E-state index in [0.717, 1.165) is 4.90 Å². The summed E-state index contributed by atoms with van der Waals surface area (Å²) in [4.78, 5) is 27.7. The Morgan fingerprint density at radius 1 is 1.10 bits per heavy atom. The number of carbonyl (C=O) groups is 2. The van der Waals surface area contributed by atoms with Crippen molar-refractivity contribution >= 4 is 91.8 Å². The second kappa shape index (κ2) is 9.18.